The summed E-state index contributed by atoms with van der Waals surface area (Å²) in [5.41, 5.74) is 1.29. The summed E-state index contributed by atoms with van der Waals surface area (Å²) in [5.74, 6) is 0.862. The maximum Gasteiger partial charge on any atom is 0.270 e. The van der Waals surface area contributed by atoms with Gasteiger partial charge in [0.2, 0.25) is 5.91 Å². The summed E-state index contributed by atoms with van der Waals surface area (Å²) in [6, 6.07) is 22.2. The molecule has 0 radical (unpaired) electrons. The lowest BCUT2D eigenvalue weighted by atomic mass is 10.0. The van der Waals surface area contributed by atoms with Gasteiger partial charge in [-0.15, -0.1) is 0 Å². The van der Waals surface area contributed by atoms with Crippen LogP contribution in [0.4, 0.5) is 11.4 Å². The number of rotatable bonds is 7. The highest BCUT2D eigenvalue weighted by Crippen LogP contribution is 2.39. The second-order valence-electron chi connectivity index (χ2n) is 8.28. The largest absolute Gasteiger partial charge is 0.489 e. The Bertz CT molecular complexity index is 1150. The van der Waals surface area contributed by atoms with Crippen LogP contribution in [-0.2, 0) is 16.2 Å². The van der Waals surface area contributed by atoms with Crippen molar-refractivity contribution in [1.29, 1.82) is 0 Å². The van der Waals surface area contributed by atoms with Gasteiger partial charge in [0.05, 0.1) is 5.69 Å². The van der Waals surface area contributed by atoms with Gasteiger partial charge in [-0.25, -0.2) is 0 Å². The predicted molar refractivity (Wildman–Crippen MR) is 129 cm³/mol. The number of halogens is 1. The molecule has 7 heteroatoms. The fourth-order valence-corrected chi connectivity index (χ4v) is 3.74. The van der Waals surface area contributed by atoms with Gasteiger partial charge in [0, 0.05) is 23.7 Å². The van der Waals surface area contributed by atoms with Crippen LogP contribution < -0.4 is 19.7 Å². The third-order valence-corrected chi connectivity index (χ3v) is 5.52. The van der Waals surface area contributed by atoms with E-state index in [4.69, 9.17) is 21.1 Å². The molecule has 0 unspecified atom stereocenters. The highest BCUT2D eigenvalue weighted by molar-refractivity contribution is 6.31. The van der Waals surface area contributed by atoms with E-state index in [1.807, 2.05) is 42.5 Å². The van der Waals surface area contributed by atoms with E-state index in [9.17, 15) is 9.59 Å². The van der Waals surface area contributed by atoms with Gasteiger partial charge in [0.1, 0.15) is 18.1 Å². The lowest BCUT2D eigenvalue weighted by Gasteiger charge is -2.38. The zero-order chi connectivity index (χ0) is 23.4. The molecule has 4 rings (SSSR count). The van der Waals surface area contributed by atoms with Gasteiger partial charge in [-0.1, -0.05) is 41.9 Å². The summed E-state index contributed by atoms with van der Waals surface area (Å²) < 4.78 is 11.6. The number of fused-ring (bicyclic) bond motifs is 1. The predicted octanol–water partition coefficient (Wildman–Crippen LogP) is 5.45. The van der Waals surface area contributed by atoms with Gasteiger partial charge in [-0.3, -0.25) is 9.59 Å². The first-order valence-corrected chi connectivity index (χ1v) is 11.1. The number of amides is 2. The molecule has 33 heavy (non-hydrogen) atoms. The number of carbonyl (C=O) groups excluding carboxylic acids is 2. The van der Waals surface area contributed by atoms with Crippen LogP contribution in [0.2, 0.25) is 5.02 Å². The van der Waals surface area contributed by atoms with Crippen LogP contribution in [0.15, 0.2) is 72.8 Å². The Morgan fingerprint density at radius 1 is 1.06 bits per heavy atom. The summed E-state index contributed by atoms with van der Waals surface area (Å²) in [4.78, 5) is 27.0. The number of anilines is 2. The minimum atomic E-state index is -1.02. The zero-order valence-electron chi connectivity index (χ0n) is 18.5. The monoisotopic (exact) mass is 464 g/mol. The van der Waals surface area contributed by atoms with E-state index in [1.165, 1.54) is 0 Å². The van der Waals surface area contributed by atoms with Crippen molar-refractivity contribution in [2.45, 2.75) is 32.5 Å². The maximum atomic E-state index is 12.9. The molecule has 170 valence electrons. The Balaban J connectivity index is 1.34. The van der Waals surface area contributed by atoms with Gasteiger partial charge < -0.3 is 19.7 Å². The Kier molecular flexibility index (Phi) is 6.56. The first-order valence-electron chi connectivity index (χ1n) is 10.7. The first-order chi connectivity index (χ1) is 15.8. The fourth-order valence-electron chi connectivity index (χ4n) is 3.57. The molecule has 1 aliphatic heterocycles. The van der Waals surface area contributed by atoms with Gasteiger partial charge >= 0.3 is 0 Å². The van der Waals surface area contributed by atoms with Gasteiger partial charge in [-0.05, 0) is 61.9 Å². The standard InChI is InChI=1S/C26H25ClN2O4/c1-26(2)25(31)29(22-16-19(27)8-13-23(22)33-26)15-14-24(30)28-20-9-11-21(12-10-20)32-17-18-6-4-3-5-7-18/h3-13,16H,14-15,17H2,1-2H3,(H,28,30). The minimum absolute atomic E-state index is 0.125. The fraction of sp³-hybridized carbons (Fsp3) is 0.231. The molecule has 3 aromatic rings. The summed E-state index contributed by atoms with van der Waals surface area (Å²) in [6.07, 6.45) is 0.125. The number of benzene rings is 3. The maximum absolute atomic E-state index is 12.9. The molecular formula is C26H25ClN2O4. The average Bonchev–Trinajstić information content (AvgIpc) is 2.80. The van der Waals surface area contributed by atoms with E-state index in [1.54, 1.807) is 49.1 Å². The summed E-state index contributed by atoms with van der Waals surface area (Å²) in [5, 5.41) is 3.36. The van der Waals surface area contributed by atoms with Crippen molar-refractivity contribution in [3.05, 3.63) is 83.4 Å². The summed E-state index contributed by atoms with van der Waals surface area (Å²) in [6.45, 7) is 4.10. The molecule has 0 saturated carbocycles. The molecule has 3 aromatic carbocycles. The SMILES string of the molecule is CC1(C)Oc2ccc(Cl)cc2N(CCC(=O)Nc2ccc(OCc3ccccc3)cc2)C1=O. The molecule has 0 aliphatic carbocycles. The zero-order valence-corrected chi connectivity index (χ0v) is 19.3. The number of carbonyl (C=O) groups is 2. The Morgan fingerprint density at radius 3 is 2.52 bits per heavy atom. The van der Waals surface area contributed by atoms with Gasteiger partial charge in [0.15, 0.2) is 5.60 Å². The normalized spacial score (nSPS) is 14.3. The van der Waals surface area contributed by atoms with Crippen LogP contribution in [0.5, 0.6) is 11.5 Å². The number of ether oxygens (including phenoxy) is 2. The topological polar surface area (TPSA) is 67.9 Å². The molecule has 1 aliphatic rings. The summed E-state index contributed by atoms with van der Waals surface area (Å²) in [7, 11) is 0. The van der Waals surface area contributed by atoms with Crippen molar-refractivity contribution in [3.8, 4) is 11.5 Å². The van der Waals surface area contributed by atoms with E-state index in [-0.39, 0.29) is 24.8 Å². The molecule has 1 N–H and O–H groups in total. The van der Waals surface area contributed by atoms with E-state index in [0.717, 1.165) is 5.56 Å². The van der Waals surface area contributed by atoms with Crippen molar-refractivity contribution in [2.24, 2.45) is 0 Å². The molecule has 0 saturated heterocycles. The molecule has 2 amide bonds. The molecule has 0 bridgehead atoms. The van der Waals surface area contributed by atoms with Gasteiger partial charge in [0.25, 0.3) is 5.91 Å². The third kappa shape index (κ3) is 5.46. The summed E-state index contributed by atoms with van der Waals surface area (Å²) >= 11 is 6.12. The lowest BCUT2D eigenvalue weighted by molar-refractivity contribution is -0.132. The van der Waals surface area contributed by atoms with Crippen LogP contribution in [-0.4, -0.2) is 24.0 Å². The number of hydrogen-bond acceptors (Lipinski definition) is 4. The highest BCUT2D eigenvalue weighted by Gasteiger charge is 2.40. The molecule has 0 spiro atoms. The van der Waals surface area contributed by atoms with Crippen molar-refractivity contribution in [2.75, 3.05) is 16.8 Å². The van der Waals surface area contributed by atoms with Gasteiger partial charge in [-0.2, -0.15) is 0 Å². The molecule has 1 heterocycles. The van der Waals surface area contributed by atoms with Crippen LogP contribution >= 0.6 is 11.6 Å². The van der Waals surface area contributed by atoms with Crippen molar-refractivity contribution < 1.29 is 19.1 Å². The second-order valence-corrected chi connectivity index (χ2v) is 8.71. The van der Waals surface area contributed by atoms with E-state index < -0.39 is 5.60 Å². The minimum Gasteiger partial charge on any atom is -0.489 e. The molecule has 0 aromatic heterocycles. The third-order valence-electron chi connectivity index (χ3n) is 5.29. The second kappa shape index (κ2) is 9.55. The molecule has 0 fully saturated rings. The van der Waals surface area contributed by atoms with Crippen LogP contribution in [0.25, 0.3) is 0 Å². The smallest absolute Gasteiger partial charge is 0.270 e. The van der Waals surface area contributed by atoms with E-state index >= 15 is 0 Å². The first kappa shape index (κ1) is 22.7. The van der Waals surface area contributed by atoms with Crippen LogP contribution in [0.1, 0.15) is 25.8 Å². The molecule has 0 atom stereocenters. The van der Waals surface area contributed by atoms with Crippen molar-refractivity contribution in [1.82, 2.24) is 0 Å². The van der Waals surface area contributed by atoms with Crippen LogP contribution in [0, 0.1) is 0 Å². The Morgan fingerprint density at radius 2 is 1.79 bits per heavy atom. The number of nitrogens with one attached hydrogen (secondary N) is 1. The van der Waals surface area contributed by atoms with E-state index in [2.05, 4.69) is 5.32 Å². The molecule has 6 nitrogen and oxygen atoms in total. The number of nitrogens with zero attached hydrogens (tertiary/aromatic N) is 1. The quantitative estimate of drug-likeness (QED) is 0.504. The molecular weight excluding hydrogens is 440 g/mol. The number of hydrogen-bond donors (Lipinski definition) is 1. The van der Waals surface area contributed by atoms with Crippen LogP contribution in [0.3, 0.4) is 0 Å². The van der Waals surface area contributed by atoms with Crippen molar-refractivity contribution >= 4 is 34.8 Å². The Labute approximate surface area is 198 Å². The van der Waals surface area contributed by atoms with E-state index in [0.29, 0.717) is 34.5 Å². The van der Waals surface area contributed by atoms with Crippen molar-refractivity contribution in [3.63, 3.8) is 0 Å². The highest BCUT2D eigenvalue weighted by atomic mass is 35.5. The average molecular weight is 465 g/mol. The lowest BCUT2D eigenvalue weighted by Crippen LogP contribution is -2.53. The Hall–Kier alpha value is -3.51.